The van der Waals surface area contributed by atoms with Crippen LogP contribution in [-0.2, 0) is 14.3 Å². The molecule has 8 heteroatoms. The first kappa shape index (κ1) is 17.3. The number of hydrogen-bond donors (Lipinski definition) is 0. The molecule has 0 N–H and O–H groups in total. The van der Waals surface area contributed by atoms with Crippen LogP contribution in [0.4, 0.5) is 9.59 Å². The van der Waals surface area contributed by atoms with E-state index in [4.69, 9.17) is 4.74 Å². The largest absolute Gasteiger partial charge is 0.534 e. The molecule has 22 heavy (non-hydrogen) atoms. The van der Waals surface area contributed by atoms with Crippen molar-refractivity contribution in [2.75, 3.05) is 20.3 Å². The van der Waals surface area contributed by atoms with Crippen LogP contribution < -0.4 is 4.74 Å². The summed E-state index contributed by atoms with van der Waals surface area (Å²) in [5.41, 5.74) is 0.109. The molecule has 1 rings (SSSR count). The summed E-state index contributed by atoms with van der Waals surface area (Å²) in [6.45, 7) is 3.16. The summed E-state index contributed by atoms with van der Waals surface area (Å²) in [6, 6.07) is 5.89. The number of hydrogen-bond acceptors (Lipinski definition) is 7. The van der Waals surface area contributed by atoms with Gasteiger partial charge in [-0.1, -0.05) is 5.06 Å². The first-order valence-electron chi connectivity index (χ1n) is 6.53. The van der Waals surface area contributed by atoms with Gasteiger partial charge in [0.25, 0.3) is 5.91 Å². The Morgan fingerprint density at radius 1 is 1.00 bits per heavy atom. The minimum Gasteiger partial charge on any atom is -0.497 e. The zero-order chi connectivity index (χ0) is 16.5. The molecule has 0 bridgehead atoms. The molecule has 2 amide bonds. The number of methoxy groups -OCH3 is 1. The van der Waals surface area contributed by atoms with E-state index in [9.17, 15) is 14.4 Å². The van der Waals surface area contributed by atoms with Crippen LogP contribution in [0.2, 0.25) is 0 Å². The van der Waals surface area contributed by atoms with Gasteiger partial charge in [0.05, 0.1) is 20.3 Å². The van der Waals surface area contributed by atoms with Gasteiger partial charge in [0.1, 0.15) is 5.75 Å². The standard InChI is InChI=1S/C14H17NO7/c1-4-20-13(17)15(22-14(18)21-5-2)12(16)10-6-8-11(19-3)9-7-10/h6-9H,4-5H2,1-3H3. The van der Waals surface area contributed by atoms with E-state index in [-0.39, 0.29) is 23.8 Å². The summed E-state index contributed by atoms with van der Waals surface area (Å²) < 4.78 is 14.2. The highest BCUT2D eigenvalue weighted by molar-refractivity contribution is 6.02. The number of rotatable bonds is 4. The summed E-state index contributed by atoms with van der Waals surface area (Å²) >= 11 is 0. The molecule has 0 unspecified atom stereocenters. The predicted octanol–water partition coefficient (Wildman–Crippen LogP) is 2.38. The SMILES string of the molecule is CCOC(=O)ON(C(=O)OCC)C(=O)c1ccc(OC)cc1. The Morgan fingerprint density at radius 2 is 1.59 bits per heavy atom. The van der Waals surface area contributed by atoms with E-state index in [1.807, 2.05) is 0 Å². The van der Waals surface area contributed by atoms with Gasteiger partial charge in [-0.25, -0.2) is 9.59 Å². The summed E-state index contributed by atoms with van der Waals surface area (Å²) in [5.74, 6) is -0.334. The summed E-state index contributed by atoms with van der Waals surface area (Å²) in [6.07, 6.45) is -2.30. The van der Waals surface area contributed by atoms with Crippen molar-refractivity contribution in [1.82, 2.24) is 5.06 Å². The lowest BCUT2D eigenvalue weighted by Gasteiger charge is -2.18. The van der Waals surface area contributed by atoms with Gasteiger partial charge in [0, 0.05) is 5.56 Å². The third-order valence-corrected chi connectivity index (χ3v) is 2.38. The Balaban J connectivity index is 2.94. The highest BCUT2D eigenvalue weighted by atomic mass is 16.8. The molecule has 0 aliphatic rings. The van der Waals surface area contributed by atoms with Crippen molar-refractivity contribution in [3.05, 3.63) is 29.8 Å². The van der Waals surface area contributed by atoms with Crippen LogP contribution in [0.15, 0.2) is 24.3 Å². The first-order valence-corrected chi connectivity index (χ1v) is 6.53. The second-order valence-corrected chi connectivity index (χ2v) is 3.80. The topological polar surface area (TPSA) is 91.4 Å². The van der Waals surface area contributed by atoms with Crippen LogP contribution >= 0.6 is 0 Å². The molecule has 0 saturated carbocycles. The molecule has 1 aromatic rings. The highest BCUT2D eigenvalue weighted by Gasteiger charge is 2.29. The van der Waals surface area contributed by atoms with Gasteiger partial charge in [-0.2, -0.15) is 0 Å². The van der Waals surface area contributed by atoms with Crippen molar-refractivity contribution in [1.29, 1.82) is 0 Å². The maximum Gasteiger partial charge on any atom is 0.534 e. The Bertz CT molecular complexity index is 526. The third kappa shape index (κ3) is 4.65. The third-order valence-electron chi connectivity index (χ3n) is 2.38. The fourth-order valence-electron chi connectivity index (χ4n) is 1.41. The van der Waals surface area contributed by atoms with Crippen LogP contribution in [0.5, 0.6) is 5.75 Å². The lowest BCUT2D eigenvalue weighted by molar-refractivity contribution is -0.0856. The van der Waals surface area contributed by atoms with Crippen LogP contribution in [-0.4, -0.2) is 43.5 Å². The van der Waals surface area contributed by atoms with Gasteiger partial charge in [-0.3, -0.25) is 9.63 Å². The van der Waals surface area contributed by atoms with Crippen molar-refractivity contribution < 1.29 is 33.4 Å². The molecule has 0 aliphatic heterocycles. The summed E-state index contributed by atoms with van der Waals surface area (Å²) in [5, 5.41) is 0.212. The maximum atomic E-state index is 12.3. The van der Waals surface area contributed by atoms with Crippen molar-refractivity contribution in [2.45, 2.75) is 13.8 Å². The number of carbonyl (C=O) groups excluding carboxylic acids is 3. The van der Waals surface area contributed by atoms with Crippen molar-refractivity contribution >= 4 is 18.2 Å². The van der Waals surface area contributed by atoms with Crippen LogP contribution in [0.25, 0.3) is 0 Å². The zero-order valence-corrected chi connectivity index (χ0v) is 12.5. The first-order chi connectivity index (χ1) is 10.5. The van der Waals surface area contributed by atoms with Gasteiger partial charge in [0.15, 0.2) is 0 Å². The van der Waals surface area contributed by atoms with Gasteiger partial charge in [-0.05, 0) is 38.1 Å². The van der Waals surface area contributed by atoms with E-state index < -0.39 is 18.2 Å². The Labute approximate surface area is 127 Å². The van der Waals surface area contributed by atoms with E-state index in [1.54, 1.807) is 13.8 Å². The molecule has 0 fully saturated rings. The van der Waals surface area contributed by atoms with E-state index in [2.05, 4.69) is 14.3 Å². The number of hydroxylamine groups is 2. The fraction of sp³-hybridized carbons (Fsp3) is 0.357. The Morgan fingerprint density at radius 3 is 2.09 bits per heavy atom. The minimum absolute atomic E-state index is 0.0113. The zero-order valence-electron chi connectivity index (χ0n) is 12.5. The molecule has 0 aromatic heterocycles. The number of ether oxygens (including phenoxy) is 3. The van der Waals surface area contributed by atoms with Gasteiger partial charge in [-0.15, -0.1) is 0 Å². The number of amides is 2. The van der Waals surface area contributed by atoms with E-state index in [0.717, 1.165) is 0 Å². The number of carbonyl (C=O) groups is 3. The number of benzene rings is 1. The Hall–Kier alpha value is -2.77. The van der Waals surface area contributed by atoms with E-state index >= 15 is 0 Å². The second-order valence-electron chi connectivity index (χ2n) is 3.80. The van der Waals surface area contributed by atoms with Crippen LogP contribution in [0.1, 0.15) is 24.2 Å². The summed E-state index contributed by atoms with van der Waals surface area (Å²) in [4.78, 5) is 39.9. The lowest BCUT2D eigenvalue weighted by atomic mass is 10.2. The number of nitrogens with zero attached hydrogens (tertiary/aromatic N) is 1. The quantitative estimate of drug-likeness (QED) is 0.622. The van der Waals surface area contributed by atoms with Crippen molar-refractivity contribution in [3.63, 3.8) is 0 Å². The molecular weight excluding hydrogens is 294 g/mol. The number of imide groups is 1. The van der Waals surface area contributed by atoms with Crippen LogP contribution in [0, 0.1) is 0 Å². The smallest absolute Gasteiger partial charge is 0.497 e. The predicted molar refractivity (Wildman–Crippen MR) is 74.3 cm³/mol. The minimum atomic E-state index is -1.18. The normalized spacial score (nSPS) is 9.59. The monoisotopic (exact) mass is 311 g/mol. The maximum absolute atomic E-state index is 12.3. The highest BCUT2D eigenvalue weighted by Crippen LogP contribution is 2.14. The average molecular weight is 311 g/mol. The van der Waals surface area contributed by atoms with Crippen molar-refractivity contribution in [2.24, 2.45) is 0 Å². The molecule has 0 saturated heterocycles. The van der Waals surface area contributed by atoms with E-state index in [1.165, 1.54) is 31.4 Å². The molecule has 0 heterocycles. The molecule has 0 aliphatic carbocycles. The molecule has 0 spiro atoms. The Kier molecular flexibility index (Phi) is 6.68. The molecule has 8 nitrogen and oxygen atoms in total. The molecular formula is C14H17NO7. The molecule has 1 aromatic carbocycles. The van der Waals surface area contributed by atoms with E-state index in [0.29, 0.717) is 5.75 Å². The van der Waals surface area contributed by atoms with Gasteiger partial charge < -0.3 is 14.2 Å². The van der Waals surface area contributed by atoms with Crippen molar-refractivity contribution in [3.8, 4) is 5.75 Å². The molecule has 0 radical (unpaired) electrons. The average Bonchev–Trinajstić information content (AvgIpc) is 2.52. The molecule has 120 valence electrons. The van der Waals surface area contributed by atoms with Gasteiger partial charge >= 0.3 is 12.2 Å². The lowest BCUT2D eigenvalue weighted by Crippen LogP contribution is -2.39. The molecule has 0 atom stereocenters. The second kappa shape index (κ2) is 8.50. The summed E-state index contributed by atoms with van der Waals surface area (Å²) in [7, 11) is 1.48. The van der Waals surface area contributed by atoms with Gasteiger partial charge in [0.2, 0.25) is 0 Å². The van der Waals surface area contributed by atoms with Crippen LogP contribution in [0.3, 0.4) is 0 Å². The fourth-order valence-corrected chi connectivity index (χ4v) is 1.41.